The van der Waals surface area contributed by atoms with Crippen LogP contribution >= 0.6 is 0 Å². The molecule has 0 aromatic heterocycles. The number of likely N-dealkylation sites (N-methyl/N-ethyl adjacent to an activating group) is 1. The Balaban J connectivity index is 1.53. The van der Waals surface area contributed by atoms with Crippen molar-refractivity contribution >= 4 is 5.97 Å². The van der Waals surface area contributed by atoms with E-state index in [2.05, 4.69) is 17.3 Å². The van der Waals surface area contributed by atoms with Crippen LogP contribution in [0.1, 0.15) is 58.1 Å². The molecule has 2 heterocycles. The van der Waals surface area contributed by atoms with Crippen LogP contribution in [-0.4, -0.2) is 70.1 Å². The third kappa shape index (κ3) is 2.79. The van der Waals surface area contributed by atoms with Crippen molar-refractivity contribution in [3.63, 3.8) is 0 Å². The molecule has 1 aromatic carbocycles. The van der Waals surface area contributed by atoms with Gasteiger partial charge in [-0.25, -0.2) is 0 Å². The molecule has 7 heteroatoms. The maximum Gasteiger partial charge on any atom is 0.323 e. The molecule has 31 heavy (non-hydrogen) atoms. The van der Waals surface area contributed by atoms with Crippen molar-refractivity contribution in [3.05, 3.63) is 23.3 Å². The van der Waals surface area contributed by atoms with Crippen molar-refractivity contribution in [1.29, 1.82) is 0 Å². The van der Waals surface area contributed by atoms with E-state index in [4.69, 9.17) is 9.47 Å². The fourth-order valence-corrected chi connectivity index (χ4v) is 6.70. The number of hydrogen-bond donors (Lipinski definition) is 3. The first-order valence-corrected chi connectivity index (χ1v) is 11.4. The minimum atomic E-state index is -0.927. The summed E-state index contributed by atoms with van der Waals surface area (Å²) in [5.74, 6) is 0.346. The lowest BCUT2D eigenvalue weighted by Crippen LogP contribution is -2.78. The lowest BCUT2D eigenvalue weighted by molar-refractivity contribution is -0.188. The van der Waals surface area contributed by atoms with Crippen molar-refractivity contribution in [2.24, 2.45) is 0 Å². The topological polar surface area (TPSA) is 91.3 Å². The number of esters is 1. The number of benzene rings is 1. The van der Waals surface area contributed by atoms with Gasteiger partial charge in [0.05, 0.1) is 11.0 Å². The molecule has 4 aliphatic rings. The highest BCUT2D eigenvalue weighted by Gasteiger charge is 2.72. The summed E-state index contributed by atoms with van der Waals surface area (Å²) in [5.41, 5.74) is 0.0710. The van der Waals surface area contributed by atoms with Crippen molar-refractivity contribution in [2.45, 2.75) is 94.2 Å². The zero-order valence-electron chi connectivity index (χ0n) is 19.1. The average Bonchev–Trinajstić information content (AvgIpc) is 3.03. The number of carbonyl (C=O) groups is 1. The molecule has 0 radical (unpaired) electrons. The summed E-state index contributed by atoms with van der Waals surface area (Å²) in [6.45, 7) is 8.25. The van der Waals surface area contributed by atoms with Gasteiger partial charge in [0.25, 0.3) is 0 Å². The molecule has 170 valence electrons. The molecule has 2 aliphatic carbocycles. The fourth-order valence-electron chi connectivity index (χ4n) is 6.70. The number of ether oxygens (including phenoxy) is 2. The van der Waals surface area contributed by atoms with Crippen molar-refractivity contribution in [1.82, 2.24) is 10.2 Å². The number of nitrogens with zero attached hydrogens (tertiary/aromatic N) is 1. The Morgan fingerprint density at radius 2 is 2.10 bits per heavy atom. The lowest BCUT2D eigenvalue weighted by atomic mass is 9.48. The van der Waals surface area contributed by atoms with Gasteiger partial charge in [-0.1, -0.05) is 6.07 Å². The highest BCUT2D eigenvalue weighted by Crippen LogP contribution is 2.65. The van der Waals surface area contributed by atoms with Gasteiger partial charge in [-0.3, -0.25) is 10.1 Å². The van der Waals surface area contributed by atoms with Crippen LogP contribution in [0.25, 0.3) is 0 Å². The van der Waals surface area contributed by atoms with Crippen LogP contribution in [0.15, 0.2) is 12.1 Å². The van der Waals surface area contributed by atoms with Gasteiger partial charge < -0.3 is 24.6 Å². The van der Waals surface area contributed by atoms with Gasteiger partial charge in [-0.15, -0.1) is 0 Å². The Morgan fingerprint density at radius 3 is 2.81 bits per heavy atom. The van der Waals surface area contributed by atoms with E-state index >= 15 is 0 Å². The number of phenols is 1. The number of likely N-dealkylation sites (tertiary alicyclic amines) is 1. The minimum absolute atomic E-state index is 0.0135. The SMILES string of the molecule is C[C@H](NC1CC[C@@]2(O)[C@H]3Cc4ccc(O)c5c4[C@@]2(CCN3C)C1O5)C(=O)OC(C)(C)C. The summed E-state index contributed by atoms with van der Waals surface area (Å²) in [4.78, 5) is 14.9. The first kappa shape index (κ1) is 21.0. The molecule has 2 unspecified atom stereocenters. The van der Waals surface area contributed by atoms with E-state index in [0.29, 0.717) is 18.6 Å². The highest BCUT2D eigenvalue weighted by molar-refractivity contribution is 5.75. The molecule has 7 nitrogen and oxygen atoms in total. The summed E-state index contributed by atoms with van der Waals surface area (Å²) in [6.07, 6.45) is 2.46. The number of nitrogens with one attached hydrogen (secondary N) is 1. The lowest BCUT2D eigenvalue weighted by Gasteiger charge is -2.63. The molecule has 6 atom stereocenters. The highest BCUT2D eigenvalue weighted by atomic mass is 16.6. The smallest absolute Gasteiger partial charge is 0.323 e. The maximum absolute atomic E-state index is 12.6. The molecule has 1 aromatic rings. The molecule has 1 spiro atoms. The number of rotatable bonds is 3. The van der Waals surface area contributed by atoms with E-state index in [1.807, 2.05) is 33.8 Å². The van der Waals surface area contributed by atoms with E-state index in [0.717, 1.165) is 30.5 Å². The molecule has 3 N–H and O–H groups in total. The second kappa shape index (κ2) is 6.59. The second-order valence-corrected chi connectivity index (χ2v) is 10.9. The third-order valence-electron chi connectivity index (χ3n) is 7.95. The maximum atomic E-state index is 12.6. The van der Waals surface area contributed by atoms with Crippen LogP contribution in [0.5, 0.6) is 11.5 Å². The zero-order valence-corrected chi connectivity index (χ0v) is 19.1. The van der Waals surface area contributed by atoms with Gasteiger partial charge in [0, 0.05) is 17.6 Å². The van der Waals surface area contributed by atoms with Crippen molar-refractivity contribution in [2.75, 3.05) is 13.6 Å². The Bertz CT molecular complexity index is 927. The molecular formula is C24H34N2O5. The molecule has 5 rings (SSSR count). The van der Waals surface area contributed by atoms with E-state index in [1.54, 1.807) is 6.07 Å². The number of hydrogen-bond acceptors (Lipinski definition) is 7. The van der Waals surface area contributed by atoms with Crippen LogP contribution in [0, 0.1) is 0 Å². The monoisotopic (exact) mass is 430 g/mol. The van der Waals surface area contributed by atoms with Crippen LogP contribution in [0.3, 0.4) is 0 Å². The van der Waals surface area contributed by atoms with E-state index in [9.17, 15) is 15.0 Å². The first-order chi connectivity index (χ1) is 14.5. The quantitative estimate of drug-likeness (QED) is 0.631. The Morgan fingerprint density at radius 1 is 1.35 bits per heavy atom. The number of aliphatic hydroxyl groups is 1. The van der Waals surface area contributed by atoms with E-state index < -0.39 is 22.7 Å². The molecular weight excluding hydrogens is 396 g/mol. The number of phenolic OH excluding ortho intramolecular Hbond substituents is 1. The number of aromatic hydroxyl groups is 1. The standard InChI is InChI=1S/C24H34N2O5/c1-13(21(28)31-22(2,3)4)25-15-8-9-24(29)17-12-14-6-7-16(27)19-18(14)23(24,20(15)30-19)10-11-26(17)5/h6-7,13,15,17,20,25,27,29H,8-12H2,1-5H3/t13-,15?,17+,20?,23-,24+/m0/s1. The number of carbonyl (C=O) groups excluding carboxylic acids is 1. The fraction of sp³-hybridized carbons (Fsp3) is 0.708. The minimum Gasteiger partial charge on any atom is -0.504 e. The van der Waals surface area contributed by atoms with Gasteiger partial charge in [0.15, 0.2) is 11.5 Å². The molecule has 1 saturated carbocycles. The summed E-state index contributed by atoms with van der Waals surface area (Å²) < 4.78 is 12.0. The molecule has 2 fully saturated rings. The Labute approximate surface area is 183 Å². The largest absolute Gasteiger partial charge is 0.504 e. The summed E-state index contributed by atoms with van der Waals surface area (Å²) in [5, 5.41) is 26.2. The molecule has 2 aliphatic heterocycles. The van der Waals surface area contributed by atoms with Crippen LogP contribution < -0.4 is 10.1 Å². The molecule has 2 bridgehead atoms. The summed E-state index contributed by atoms with van der Waals surface area (Å²) in [7, 11) is 2.08. The van der Waals surface area contributed by atoms with Gasteiger partial charge in [-0.2, -0.15) is 0 Å². The predicted octanol–water partition coefficient (Wildman–Crippen LogP) is 1.86. The van der Waals surface area contributed by atoms with Crippen molar-refractivity contribution < 1.29 is 24.5 Å². The third-order valence-corrected chi connectivity index (χ3v) is 7.95. The van der Waals surface area contributed by atoms with Crippen LogP contribution in [0.2, 0.25) is 0 Å². The van der Waals surface area contributed by atoms with Gasteiger partial charge in [0.2, 0.25) is 0 Å². The predicted molar refractivity (Wildman–Crippen MR) is 115 cm³/mol. The first-order valence-electron chi connectivity index (χ1n) is 11.4. The van der Waals surface area contributed by atoms with Gasteiger partial charge in [-0.05, 0) is 78.6 Å². The van der Waals surface area contributed by atoms with Crippen LogP contribution in [0.4, 0.5) is 0 Å². The Hall–Kier alpha value is -1.83. The molecule has 1 saturated heterocycles. The average molecular weight is 431 g/mol. The van der Waals surface area contributed by atoms with E-state index in [-0.39, 0.29) is 29.9 Å². The second-order valence-electron chi connectivity index (χ2n) is 10.9. The Kier molecular flexibility index (Phi) is 4.47. The van der Waals surface area contributed by atoms with Gasteiger partial charge >= 0.3 is 5.97 Å². The molecule has 0 amide bonds. The zero-order chi connectivity index (χ0) is 22.3. The summed E-state index contributed by atoms with van der Waals surface area (Å²) >= 11 is 0. The summed E-state index contributed by atoms with van der Waals surface area (Å²) in [6, 6.07) is 3.06. The van der Waals surface area contributed by atoms with E-state index in [1.165, 1.54) is 0 Å². The van der Waals surface area contributed by atoms with Crippen LogP contribution in [-0.2, 0) is 21.4 Å². The normalized spacial score (nSPS) is 37.0. The number of piperidine rings is 1. The van der Waals surface area contributed by atoms with Crippen molar-refractivity contribution in [3.8, 4) is 11.5 Å². The van der Waals surface area contributed by atoms with Gasteiger partial charge in [0.1, 0.15) is 17.7 Å².